The molecule has 0 amide bonds. The maximum absolute atomic E-state index is 5.84. The molecular formula is C12H16BrClO. The van der Waals surface area contributed by atoms with E-state index in [1.807, 2.05) is 13.0 Å². The van der Waals surface area contributed by atoms with Crippen LogP contribution in [-0.4, -0.2) is 11.9 Å². The molecule has 3 heteroatoms. The van der Waals surface area contributed by atoms with Crippen LogP contribution in [0.2, 0.25) is 0 Å². The average molecular weight is 292 g/mol. The highest BCUT2D eigenvalue weighted by molar-refractivity contribution is 9.09. The van der Waals surface area contributed by atoms with Gasteiger partial charge in [-0.3, -0.25) is 0 Å². The van der Waals surface area contributed by atoms with E-state index in [-0.39, 0.29) is 0 Å². The lowest BCUT2D eigenvalue weighted by molar-refractivity contribution is 0.339. The van der Waals surface area contributed by atoms with E-state index in [0.29, 0.717) is 12.5 Å². The smallest absolute Gasteiger partial charge is 0.119 e. The van der Waals surface area contributed by atoms with Crippen molar-refractivity contribution in [2.45, 2.75) is 25.6 Å². The van der Waals surface area contributed by atoms with Gasteiger partial charge in [-0.15, -0.1) is 11.6 Å². The first-order chi connectivity index (χ1) is 7.30. The van der Waals surface area contributed by atoms with Gasteiger partial charge in [-0.25, -0.2) is 0 Å². The minimum atomic E-state index is 0.544. The third kappa shape index (κ3) is 4.43. The van der Waals surface area contributed by atoms with E-state index in [4.69, 9.17) is 16.3 Å². The van der Waals surface area contributed by atoms with Gasteiger partial charge in [0.2, 0.25) is 0 Å². The van der Waals surface area contributed by atoms with Gasteiger partial charge in [-0.2, -0.15) is 0 Å². The predicted molar refractivity (Wildman–Crippen MR) is 69.3 cm³/mol. The van der Waals surface area contributed by atoms with Crippen molar-refractivity contribution >= 4 is 27.5 Å². The number of alkyl halides is 2. The molecule has 1 nitrogen and oxygen atoms in total. The van der Waals surface area contributed by atoms with Crippen molar-refractivity contribution in [2.75, 3.05) is 11.9 Å². The van der Waals surface area contributed by atoms with E-state index in [1.54, 1.807) is 0 Å². The quantitative estimate of drug-likeness (QED) is 0.715. The van der Waals surface area contributed by atoms with Crippen LogP contribution >= 0.6 is 27.5 Å². The van der Waals surface area contributed by atoms with Crippen molar-refractivity contribution in [1.82, 2.24) is 0 Å². The second-order valence-corrected chi connectivity index (χ2v) is 4.40. The summed E-state index contributed by atoms with van der Waals surface area (Å²) in [6, 6.07) is 6.26. The van der Waals surface area contributed by atoms with Crippen LogP contribution in [-0.2, 0) is 12.3 Å². The molecule has 0 N–H and O–H groups in total. The number of halogens is 2. The molecule has 1 rings (SSSR count). The van der Waals surface area contributed by atoms with Gasteiger partial charge in [0.1, 0.15) is 5.75 Å². The number of rotatable bonds is 6. The fraction of sp³-hybridized carbons (Fsp3) is 0.500. The number of hydrogen-bond acceptors (Lipinski definition) is 1. The summed E-state index contributed by atoms with van der Waals surface area (Å²) in [5.41, 5.74) is 2.43. The molecule has 0 aliphatic rings. The Labute approximate surface area is 105 Å². The molecular weight excluding hydrogens is 275 g/mol. The molecule has 1 aromatic rings. The lowest BCUT2D eigenvalue weighted by Gasteiger charge is -2.08. The van der Waals surface area contributed by atoms with Gasteiger partial charge in [0.25, 0.3) is 0 Å². The van der Waals surface area contributed by atoms with Crippen molar-refractivity contribution < 1.29 is 4.74 Å². The standard InChI is InChI=1S/C12H16BrClO/c1-2-15-12-7-10(4-3-5-13)6-11(8-12)9-14/h6-8H,2-5,9H2,1H3. The largest absolute Gasteiger partial charge is 0.494 e. The number of aryl methyl sites for hydroxylation is 1. The van der Waals surface area contributed by atoms with Gasteiger partial charge in [0.05, 0.1) is 6.61 Å². The van der Waals surface area contributed by atoms with Crippen LogP contribution in [0.5, 0.6) is 5.75 Å². The molecule has 0 radical (unpaired) electrons. The monoisotopic (exact) mass is 290 g/mol. The summed E-state index contributed by atoms with van der Waals surface area (Å²) in [5.74, 6) is 1.47. The summed E-state index contributed by atoms with van der Waals surface area (Å²) < 4.78 is 5.50. The molecule has 0 atom stereocenters. The first-order valence-electron chi connectivity index (χ1n) is 5.17. The summed E-state index contributed by atoms with van der Waals surface area (Å²) in [6.07, 6.45) is 2.20. The SMILES string of the molecule is CCOc1cc(CCl)cc(CCCBr)c1. The lowest BCUT2D eigenvalue weighted by atomic mass is 10.1. The molecule has 0 aromatic heterocycles. The normalized spacial score (nSPS) is 10.3. The molecule has 0 heterocycles. The summed E-state index contributed by atoms with van der Waals surface area (Å²) in [6.45, 7) is 2.69. The van der Waals surface area contributed by atoms with Crippen LogP contribution in [0.3, 0.4) is 0 Å². The Kier molecular flexibility index (Phi) is 6.11. The molecule has 0 spiro atoms. The van der Waals surface area contributed by atoms with E-state index in [2.05, 4.69) is 28.1 Å². The Morgan fingerprint density at radius 3 is 2.60 bits per heavy atom. The van der Waals surface area contributed by atoms with E-state index in [0.717, 1.165) is 29.5 Å². The summed E-state index contributed by atoms with van der Waals surface area (Å²) in [4.78, 5) is 0. The zero-order chi connectivity index (χ0) is 11.1. The molecule has 0 saturated carbocycles. The van der Waals surface area contributed by atoms with Crippen LogP contribution < -0.4 is 4.74 Å². The average Bonchev–Trinajstić information content (AvgIpc) is 2.26. The lowest BCUT2D eigenvalue weighted by Crippen LogP contribution is -1.95. The zero-order valence-electron chi connectivity index (χ0n) is 8.93. The summed E-state index contributed by atoms with van der Waals surface area (Å²) in [5, 5.41) is 1.03. The highest BCUT2D eigenvalue weighted by atomic mass is 79.9. The maximum Gasteiger partial charge on any atom is 0.119 e. The Hall–Kier alpha value is -0.210. The molecule has 0 saturated heterocycles. The number of ether oxygens (including phenoxy) is 1. The second-order valence-electron chi connectivity index (χ2n) is 3.34. The maximum atomic E-state index is 5.84. The Bertz CT molecular complexity index is 302. The molecule has 0 aliphatic carbocycles. The first kappa shape index (κ1) is 12.9. The predicted octanol–water partition coefficient (Wildman–Crippen LogP) is 4.15. The van der Waals surface area contributed by atoms with Crippen LogP contribution in [0.25, 0.3) is 0 Å². The van der Waals surface area contributed by atoms with Gasteiger partial charge < -0.3 is 4.74 Å². The van der Waals surface area contributed by atoms with Gasteiger partial charge in [-0.1, -0.05) is 22.0 Å². The van der Waals surface area contributed by atoms with Gasteiger partial charge in [0.15, 0.2) is 0 Å². The molecule has 1 aromatic carbocycles. The highest BCUT2D eigenvalue weighted by Gasteiger charge is 2.01. The summed E-state index contributed by atoms with van der Waals surface area (Å²) in [7, 11) is 0. The third-order valence-corrected chi connectivity index (χ3v) is 2.96. The fourth-order valence-corrected chi connectivity index (χ4v) is 1.91. The summed E-state index contributed by atoms with van der Waals surface area (Å²) >= 11 is 9.27. The van der Waals surface area contributed by atoms with Crippen molar-refractivity contribution in [3.05, 3.63) is 29.3 Å². The van der Waals surface area contributed by atoms with E-state index in [9.17, 15) is 0 Å². The molecule has 0 bridgehead atoms. The van der Waals surface area contributed by atoms with Crippen LogP contribution in [0.15, 0.2) is 18.2 Å². The first-order valence-corrected chi connectivity index (χ1v) is 6.83. The van der Waals surface area contributed by atoms with Crippen molar-refractivity contribution in [2.24, 2.45) is 0 Å². The van der Waals surface area contributed by atoms with E-state index < -0.39 is 0 Å². The zero-order valence-corrected chi connectivity index (χ0v) is 11.3. The number of hydrogen-bond donors (Lipinski definition) is 0. The van der Waals surface area contributed by atoms with Crippen molar-refractivity contribution in [3.63, 3.8) is 0 Å². The van der Waals surface area contributed by atoms with Gasteiger partial charge in [-0.05, 0) is 43.0 Å². The molecule has 15 heavy (non-hydrogen) atoms. The van der Waals surface area contributed by atoms with Crippen molar-refractivity contribution in [3.8, 4) is 5.75 Å². The Balaban J connectivity index is 2.79. The van der Waals surface area contributed by atoms with Crippen LogP contribution in [0.1, 0.15) is 24.5 Å². The minimum absolute atomic E-state index is 0.544. The molecule has 0 fully saturated rings. The van der Waals surface area contributed by atoms with Crippen molar-refractivity contribution in [1.29, 1.82) is 0 Å². The van der Waals surface area contributed by atoms with E-state index in [1.165, 1.54) is 5.56 Å². The topological polar surface area (TPSA) is 9.23 Å². The van der Waals surface area contributed by atoms with E-state index >= 15 is 0 Å². The fourth-order valence-electron chi connectivity index (χ4n) is 1.47. The van der Waals surface area contributed by atoms with Crippen LogP contribution in [0, 0.1) is 0 Å². The Morgan fingerprint density at radius 1 is 1.27 bits per heavy atom. The Morgan fingerprint density at radius 2 is 2.00 bits per heavy atom. The molecule has 0 aliphatic heterocycles. The van der Waals surface area contributed by atoms with Gasteiger partial charge >= 0.3 is 0 Å². The molecule has 84 valence electrons. The number of benzene rings is 1. The van der Waals surface area contributed by atoms with Crippen LogP contribution in [0.4, 0.5) is 0 Å². The second kappa shape index (κ2) is 7.13. The minimum Gasteiger partial charge on any atom is -0.494 e. The molecule has 0 unspecified atom stereocenters. The highest BCUT2D eigenvalue weighted by Crippen LogP contribution is 2.20. The third-order valence-electron chi connectivity index (χ3n) is 2.09. The van der Waals surface area contributed by atoms with Gasteiger partial charge in [0, 0.05) is 11.2 Å².